The fraction of sp³-hybridized carbons (Fsp3) is 0. The minimum absolute atomic E-state index is 0.0558. The molecule has 0 spiro atoms. The van der Waals surface area contributed by atoms with E-state index in [-0.39, 0.29) is 59.6 Å². The number of phenols is 3. The number of anilines is 1. The highest BCUT2D eigenvalue weighted by molar-refractivity contribution is 7.95. The monoisotopic (exact) mass is 1230 g/mol. The quantitative estimate of drug-likeness (QED) is 0.00894. The smallest absolute Gasteiger partial charge is 0.337 e. The molecule has 0 saturated carbocycles. The Balaban J connectivity index is 1.21. The van der Waals surface area contributed by atoms with Crippen LogP contribution in [0.2, 0.25) is 0 Å². The zero-order chi connectivity index (χ0) is 58.9. The van der Waals surface area contributed by atoms with Crippen molar-refractivity contribution >= 4 is 154 Å². The Morgan fingerprint density at radius 3 is 1.69 bits per heavy atom. The number of carboxylic acid groups (broad SMARTS) is 1. The third kappa shape index (κ3) is 12.8. The number of aromatic hydroxyl groups is 3. The summed E-state index contributed by atoms with van der Waals surface area (Å²) in [4.78, 5) is 7.98. The van der Waals surface area contributed by atoms with Crippen molar-refractivity contribution in [1.29, 1.82) is 0 Å². The van der Waals surface area contributed by atoms with Crippen molar-refractivity contribution in [2.24, 2.45) is 40.9 Å². The highest BCUT2D eigenvalue weighted by atomic mass is 32.2. The first-order valence-corrected chi connectivity index (χ1v) is 28.4. The van der Waals surface area contributed by atoms with Gasteiger partial charge >= 0.3 is 5.97 Å². The molecule has 0 atom stereocenters. The maximum absolute atomic E-state index is 12.9. The van der Waals surface area contributed by atoms with Crippen LogP contribution < -0.4 is 5.73 Å². The Morgan fingerprint density at radius 2 is 1.05 bits per heavy atom. The largest absolute Gasteiger partial charge is 0.505 e. The molecule has 12 N–H and O–H groups in total. The molecule has 81 heavy (non-hydrogen) atoms. The molecule has 0 fully saturated rings. The molecule has 0 amide bonds. The van der Waals surface area contributed by atoms with Gasteiger partial charge in [-0.15, -0.1) is 34.2 Å². The molecule has 0 aliphatic carbocycles. The average molecular weight is 1230 g/mol. The van der Waals surface area contributed by atoms with Gasteiger partial charge in [0.2, 0.25) is 0 Å². The van der Waals surface area contributed by atoms with Crippen LogP contribution in [0.1, 0.15) is 10.4 Å². The first kappa shape index (κ1) is 58.8. The molecule has 0 heterocycles. The highest BCUT2D eigenvalue weighted by Gasteiger charge is 2.29. The number of nitrogen functional groups attached to an aromatic ring is 1. The molecule has 0 saturated heterocycles. The molecule has 8 aromatic carbocycles. The van der Waals surface area contributed by atoms with Gasteiger partial charge in [-0.2, -0.15) is 49.0 Å². The zero-order valence-corrected chi connectivity index (χ0v) is 44.1. The Labute approximate surface area is 459 Å². The molecule has 0 bridgehead atoms. The van der Waals surface area contributed by atoms with E-state index in [0.29, 0.717) is 36.2 Å². The molecule has 32 nitrogen and oxygen atoms in total. The summed E-state index contributed by atoms with van der Waals surface area (Å²) >= 11 is 0.794. The van der Waals surface area contributed by atoms with Gasteiger partial charge < -0.3 is 26.2 Å². The number of rotatable bonds is 19. The van der Waals surface area contributed by atoms with Crippen molar-refractivity contribution in [3.05, 3.63) is 109 Å². The fourth-order valence-electron chi connectivity index (χ4n) is 7.41. The number of hydrogen-bond acceptors (Lipinski definition) is 29. The summed E-state index contributed by atoms with van der Waals surface area (Å²) in [5.74, 6) is -4.30. The van der Waals surface area contributed by atoms with Gasteiger partial charge in [-0.25, -0.2) is 15.3 Å². The number of fused-ring (bicyclic) bond motifs is 3. The number of aromatic carboxylic acids is 1. The van der Waals surface area contributed by atoms with Crippen LogP contribution in [0.5, 0.6) is 17.2 Å². The molecule has 0 aromatic heterocycles. The number of nitrogens with zero attached hydrogens (tertiary/aromatic N) is 8. The van der Waals surface area contributed by atoms with Crippen LogP contribution in [0, 0.1) is 0 Å². The Kier molecular flexibility index (Phi) is 16.7. The molecular formula is C43H29N9O23S6. The van der Waals surface area contributed by atoms with E-state index in [1.165, 1.54) is 42.5 Å². The first-order valence-electron chi connectivity index (χ1n) is 21.1. The number of phenolic OH excluding ortho intramolecular Hbond substituents is 3. The minimum atomic E-state index is -5.51. The standard InChI is InChI=1S/C43H29N9O23S6/c44-36-30(49-45-22-5-4-18-11-31(77-75-73-59)37(41(54)27(18)14-22)50-48-29-15-23(76-74-72-58)7-9-26(29)43(56)57)17-32(79(63,64)65)28-16-34(81(69,70)71)39(42(55)35(28)36)52-47-21-6-8-25-19(10-21)12-33(80(66,67)68)38(40(25)53)51-46-20-2-1-3-24(13-20)78(60,61)62/h1-17,53-55,58-59H,44H2,(H,56,57)(H,60,61,62)(H,63,64,65)(H,66,67,68)(H,69,70,71). The van der Waals surface area contributed by atoms with Crippen molar-refractivity contribution < 1.29 is 106 Å². The second kappa shape index (κ2) is 23.1. The lowest BCUT2D eigenvalue weighted by Gasteiger charge is -2.14. The second-order valence-electron chi connectivity index (χ2n) is 15.9. The predicted octanol–water partition coefficient (Wildman–Crippen LogP) is 11.0. The van der Waals surface area contributed by atoms with E-state index < -0.39 is 122 Å². The Bertz CT molecular complexity index is 4550. The van der Waals surface area contributed by atoms with E-state index in [1.54, 1.807) is 0 Å². The van der Waals surface area contributed by atoms with Gasteiger partial charge in [0.15, 0.2) is 17.2 Å². The number of benzene rings is 8. The molecule has 38 heteroatoms. The predicted molar refractivity (Wildman–Crippen MR) is 278 cm³/mol. The van der Waals surface area contributed by atoms with Crippen molar-refractivity contribution in [1.82, 2.24) is 0 Å². The number of hydrogen-bond donors (Lipinski definition) is 11. The van der Waals surface area contributed by atoms with Gasteiger partial charge in [-0.05, 0) is 102 Å². The molecule has 0 radical (unpaired) electrons. The Morgan fingerprint density at radius 1 is 0.481 bits per heavy atom. The van der Waals surface area contributed by atoms with Gasteiger partial charge in [0, 0.05) is 21.1 Å². The molecule has 8 aromatic rings. The summed E-state index contributed by atoms with van der Waals surface area (Å²) in [6.07, 6.45) is 0. The maximum atomic E-state index is 12.9. The van der Waals surface area contributed by atoms with Crippen molar-refractivity contribution in [3.63, 3.8) is 0 Å². The van der Waals surface area contributed by atoms with Gasteiger partial charge in [-0.3, -0.25) is 18.2 Å². The maximum Gasteiger partial charge on any atom is 0.337 e. The van der Waals surface area contributed by atoms with Gasteiger partial charge in [0.05, 0.1) is 67.6 Å². The zero-order valence-electron chi connectivity index (χ0n) is 39.2. The topological polar surface area (TPSA) is 518 Å². The number of carboxylic acids is 1. The molecular weight excluding hydrogens is 1200 g/mol. The van der Waals surface area contributed by atoms with Crippen molar-refractivity contribution in [3.8, 4) is 17.2 Å². The molecule has 0 aliphatic heterocycles. The third-order valence-electron chi connectivity index (χ3n) is 10.9. The van der Waals surface area contributed by atoms with Crippen LogP contribution in [-0.2, 0) is 59.2 Å². The van der Waals surface area contributed by atoms with Gasteiger partial charge in [-0.1, -0.05) is 22.2 Å². The van der Waals surface area contributed by atoms with Gasteiger partial charge in [0.1, 0.15) is 43.1 Å². The van der Waals surface area contributed by atoms with E-state index in [4.69, 9.17) is 16.2 Å². The Hall–Kier alpha value is -8.29. The van der Waals surface area contributed by atoms with Crippen molar-refractivity contribution in [2.45, 2.75) is 29.4 Å². The molecule has 0 aliphatic rings. The second-order valence-corrected chi connectivity index (χ2v) is 23.0. The molecule has 8 rings (SSSR count). The summed E-state index contributed by atoms with van der Waals surface area (Å²) in [6.45, 7) is 0. The van der Waals surface area contributed by atoms with E-state index in [9.17, 15) is 77.1 Å². The highest BCUT2D eigenvalue weighted by Crippen LogP contribution is 2.50. The average Bonchev–Trinajstić information content (AvgIpc) is 3.22. The minimum Gasteiger partial charge on any atom is -0.505 e. The summed E-state index contributed by atoms with van der Waals surface area (Å²) in [5, 5.41) is 97.9. The summed E-state index contributed by atoms with van der Waals surface area (Å²) in [5.41, 5.74) is 1.41. The van der Waals surface area contributed by atoms with Gasteiger partial charge in [0.25, 0.3) is 40.5 Å². The lowest BCUT2D eigenvalue weighted by Crippen LogP contribution is -2.04. The lowest BCUT2D eigenvalue weighted by molar-refractivity contribution is -0.432. The van der Waals surface area contributed by atoms with Crippen LogP contribution in [0.15, 0.2) is 173 Å². The SMILES string of the molecule is Nc1c(N=Nc2ccc3cc(SOOO)c(N=Nc4cc(SOOO)ccc4C(=O)O)c(O)c3c2)cc(S(=O)(=O)O)c2cc(S(=O)(=O)O)c(N=Nc3ccc4c(O)c(N=Nc5cccc(S(=O)(=O)O)c5)c(S(=O)(=O)O)cc4c3)c(O)c12. The lowest BCUT2D eigenvalue weighted by atomic mass is 10.0. The number of carbonyl (C=O) groups is 1. The third-order valence-corrected chi connectivity index (χ3v) is 15.6. The van der Waals surface area contributed by atoms with Crippen LogP contribution in [-0.4, -0.2) is 88.8 Å². The van der Waals surface area contributed by atoms with Crippen LogP contribution >= 0.6 is 24.1 Å². The first-order chi connectivity index (χ1) is 38.1. The molecule has 420 valence electrons. The van der Waals surface area contributed by atoms with Crippen LogP contribution in [0.25, 0.3) is 32.3 Å². The van der Waals surface area contributed by atoms with E-state index in [1.807, 2.05) is 0 Å². The normalized spacial score (nSPS) is 12.9. The van der Waals surface area contributed by atoms with Crippen LogP contribution in [0.3, 0.4) is 0 Å². The van der Waals surface area contributed by atoms with E-state index in [2.05, 4.69) is 59.7 Å². The van der Waals surface area contributed by atoms with Crippen molar-refractivity contribution in [2.75, 3.05) is 5.73 Å². The summed E-state index contributed by atoms with van der Waals surface area (Å²) in [6, 6.07) is 18.2. The number of azo groups is 4. The van der Waals surface area contributed by atoms with Crippen LogP contribution in [0.4, 0.5) is 51.2 Å². The van der Waals surface area contributed by atoms with E-state index >= 15 is 0 Å². The molecule has 0 unspecified atom stereocenters. The van der Waals surface area contributed by atoms with E-state index in [0.717, 1.165) is 48.5 Å². The fourth-order valence-corrected chi connectivity index (χ4v) is 10.8. The summed E-state index contributed by atoms with van der Waals surface area (Å²) < 4.78 is 149. The summed E-state index contributed by atoms with van der Waals surface area (Å²) in [7, 11) is -20.9. The number of nitrogens with two attached hydrogens (primary N) is 1.